The first kappa shape index (κ1) is 22.2. The zero-order valence-electron chi connectivity index (χ0n) is 18.6. The molecule has 0 bridgehead atoms. The van der Waals surface area contributed by atoms with Gasteiger partial charge in [-0.25, -0.2) is 8.42 Å². The highest BCUT2D eigenvalue weighted by Gasteiger charge is 2.32. The van der Waals surface area contributed by atoms with Crippen molar-refractivity contribution in [1.82, 2.24) is 24.3 Å². The average molecular weight is 477 g/mol. The van der Waals surface area contributed by atoms with Crippen LogP contribution in [0.25, 0.3) is 22.0 Å². The predicted octanol–water partition coefficient (Wildman–Crippen LogP) is 3.07. The molecule has 1 aliphatic heterocycles. The summed E-state index contributed by atoms with van der Waals surface area (Å²) >= 11 is 0. The van der Waals surface area contributed by atoms with Crippen molar-refractivity contribution >= 4 is 32.7 Å². The first-order valence-electron chi connectivity index (χ1n) is 11.0. The standard InChI is InChI=1S/C24H24N6O3S/c1-29-16-20(15-25-29)18-7-8-22-19(13-18)14-23(28-27-22)26-24(31)17-9-11-30(12-10-17)34(32,33)21-5-3-2-4-6-21/h2-8,13-17H,9-12H2,1H3,(H,26,28,31). The third kappa shape index (κ3) is 4.42. The van der Waals surface area contributed by atoms with E-state index in [2.05, 4.69) is 20.6 Å². The van der Waals surface area contributed by atoms with Gasteiger partial charge < -0.3 is 5.32 Å². The minimum absolute atomic E-state index is 0.172. The van der Waals surface area contributed by atoms with Crippen molar-refractivity contribution in [3.8, 4) is 11.1 Å². The lowest BCUT2D eigenvalue weighted by atomic mass is 9.97. The van der Waals surface area contributed by atoms with E-state index in [-0.39, 0.29) is 16.7 Å². The fraction of sp³-hybridized carbons (Fsp3) is 0.250. The summed E-state index contributed by atoms with van der Waals surface area (Å²) in [6.45, 7) is 0.598. The minimum atomic E-state index is -3.55. The number of rotatable bonds is 5. The number of hydrogen-bond acceptors (Lipinski definition) is 6. The van der Waals surface area contributed by atoms with Crippen LogP contribution < -0.4 is 5.32 Å². The first-order chi connectivity index (χ1) is 16.4. The van der Waals surface area contributed by atoms with Gasteiger partial charge in [0.05, 0.1) is 16.6 Å². The SMILES string of the molecule is Cn1cc(-c2ccc3nnc(NC(=O)C4CCN(S(=O)(=O)c5ccccc5)CC4)cc3c2)cn1. The summed E-state index contributed by atoms with van der Waals surface area (Å²) in [5.74, 6) is -0.0876. The molecule has 0 atom stereocenters. The summed E-state index contributed by atoms with van der Waals surface area (Å²) in [5, 5.41) is 16.3. The second-order valence-electron chi connectivity index (χ2n) is 8.39. The van der Waals surface area contributed by atoms with Gasteiger partial charge in [0.1, 0.15) is 0 Å². The maximum Gasteiger partial charge on any atom is 0.243 e. The van der Waals surface area contributed by atoms with Crippen molar-refractivity contribution in [2.24, 2.45) is 13.0 Å². The van der Waals surface area contributed by atoms with Gasteiger partial charge in [0, 0.05) is 43.2 Å². The number of aryl methyl sites for hydroxylation is 1. The highest BCUT2D eigenvalue weighted by atomic mass is 32.2. The van der Waals surface area contributed by atoms with Gasteiger partial charge in [0.15, 0.2) is 5.82 Å². The van der Waals surface area contributed by atoms with Crippen LogP contribution in [0.4, 0.5) is 5.82 Å². The van der Waals surface area contributed by atoms with Crippen LogP contribution in [0.3, 0.4) is 0 Å². The molecule has 174 valence electrons. The van der Waals surface area contributed by atoms with Crippen LogP contribution in [0.1, 0.15) is 12.8 Å². The van der Waals surface area contributed by atoms with Crippen molar-refractivity contribution in [1.29, 1.82) is 0 Å². The molecule has 3 heterocycles. The fourth-order valence-corrected chi connectivity index (χ4v) is 5.67. The van der Waals surface area contributed by atoms with Gasteiger partial charge in [-0.05, 0) is 48.7 Å². The predicted molar refractivity (Wildman–Crippen MR) is 128 cm³/mol. The average Bonchev–Trinajstić information content (AvgIpc) is 3.30. The van der Waals surface area contributed by atoms with Gasteiger partial charge in [0.2, 0.25) is 15.9 Å². The third-order valence-electron chi connectivity index (χ3n) is 6.08. The molecule has 1 fully saturated rings. The maximum atomic E-state index is 12.9. The fourth-order valence-electron chi connectivity index (χ4n) is 4.18. The molecule has 0 aliphatic carbocycles. The van der Waals surface area contributed by atoms with Gasteiger partial charge in [0.25, 0.3) is 0 Å². The summed E-state index contributed by atoms with van der Waals surface area (Å²) < 4.78 is 28.8. The highest BCUT2D eigenvalue weighted by molar-refractivity contribution is 7.89. The highest BCUT2D eigenvalue weighted by Crippen LogP contribution is 2.26. The van der Waals surface area contributed by atoms with Gasteiger partial charge in [-0.2, -0.15) is 9.40 Å². The molecule has 9 nitrogen and oxygen atoms in total. The van der Waals surface area contributed by atoms with Gasteiger partial charge >= 0.3 is 0 Å². The van der Waals surface area contributed by atoms with E-state index in [0.29, 0.717) is 31.7 Å². The Labute approximate surface area is 197 Å². The Balaban J connectivity index is 1.26. The number of piperidine rings is 1. The third-order valence-corrected chi connectivity index (χ3v) is 7.99. The molecule has 34 heavy (non-hydrogen) atoms. The van der Waals surface area contributed by atoms with Gasteiger partial charge in [-0.15, -0.1) is 10.2 Å². The molecule has 2 aromatic heterocycles. The lowest BCUT2D eigenvalue weighted by Crippen LogP contribution is -2.41. The maximum absolute atomic E-state index is 12.9. The molecular formula is C24H24N6O3S. The molecule has 10 heteroatoms. The molecule has 0 unspecified atom stereocenters. The molecule has 0 saturated carbocycles. The van der Waals surface area contributed by atoms with Crippen molar-refractivity contribution < 1.29 is 13.2 Å². The number of anilines is 1. The molecule has 1 N–H and O–H groups in total. The second kappa shape index (κ2) is 8.96. The van der Waals surface area contributed by atoms with Crippen molar-refractivity contribution in [3.05, 3.63) is 67.0 Å². The van der Waals surface area contributed by atoms with Crippen LogP contribution in [-0.2, 0) is 21.9 Å². The number of benzene rings is 2. The number of aromatic nitrogens is 4. The van der Waals surface area contributed by atoms with Crippen molar-refractivity contribution in [2.45, 2.75) is 17.7 Å². The monoisotopic (exact) mass is 476 g/mol. The number of nitrogens with one attached hydrogen (secondary N) is 1. The Bertz CT molecular complexity index is 1440. The molecule has 4 aromatic rings. The zero-order chi connectivity index (χ0) is 23.7. The van der Waals surface area contributed by atoms with E-state index < -0.39 is 10.0 Å². The Morgan fingerprint density at radius 1 is 1.00 bits per heavy atom. The molecule has 1 aliphatic rings. The molecule has 1 amide bonds. The van der Waals surface area contributed by atoms with Gasteiger partial charge in [-0.3, -0.25) is 9.48 Å². The van der Waals surface area contributed by atoms with Crippen LogP contribution in [0, 0.1) is 5.92 Å². The van der Waals surface area contributed by atoms with Crippen LogP contribution in [-0.4, -0.2) is 51.7 Å². The smallest absolute Gasteiger partial charge is 0.243 e. The summed E-state index contributed by atoms with van der Waals surface area (Å²) in [5.41, 5.74) is 2.71. The van der Waals surface area contributed by atoms with E-state index in [9.17, 15) is 13.2 Å². The number of nitrogens with zero attached hydrogens (tertiary/aromatic N) is 5. The zero-order valence-corrected chi connectivity index (χ0v) is 19.4. The number of carbonyl (C=O) groups excluding carboxylic acids is 1. The van der Waals surface area contributed by atoms with E-state index in [4.69, 9.17) is 0 Å². The van der Waals surface area contributed by atoms with E-state index in [1.165, 1.54) is 4.31 Å². The Hall–Kier alpha value is -3.63. The van der Waals surface area contributed by atoms with E-state index in [0.717, 1.165) is 22.0 Å². The quantitative estimate of drug-likeness (QED) is 0.474. The van der Waals surface area contributed by atoms with Crippen LogP contribution >= 0.6 is 0 Å². The molecule has 2 aromatic carbocycles. The molecule has 0 spiro atoms. The topological polar surface area (TPSA) is 110 Å². The second-order valence-corrected chi connectivity index (χ2v) is 10.3. The summed E-state index contributed by atoms with van der Waals surface area (Å²) in [6, 6.07) is 16.0. The number of hydrogen-bond donors (Lipinski definition) is 1. The number of amides is 1. The summed E-state index contributed by atoms with van der Waals surface area (Å²) in [7, 11) is -1.68. The molecule has 5 rings (SSSR count). The minimum Gasteiger partial charge on any atom is -0.309 e. The van der Waals surface area contributed by atoms with Crippen LogP contribution in [0.2, 0.25) is 0 Å². The van der Waals surface area contributed by atoms with Gasteiger partial charge in [-0.1, -0.05) is 24.3 Å². The molecule has 0 radical (unpaired) electrons. The normalized spacial score (nSPS) is 15.4. The lowest BCUT2D eigenvalue weighted by Gasteiger charge is -2.30. The van der Waals surface area contributed by atoms with E-state index >= 15 is 0 Å². The molecular weight excluding hydrogens is 452 g/mol. The van der Waals surface area contributed by atoms with E-state index in [1.807, 2.05) is 31.4 Å². The summed E-state index contributed by atoms with van der Waals surface area (Å²) in [4.78, 5) is 13.1. The number of sulfonamides is 1. The number of carbonyl (C=O) groups is 1. The summed E-state index contributed by atoms with van der Waals surface area (Å²) in [6.07, 6.45) is 4.62. The Morgan fingerprint density at radius 3 is 2.47 bits per heavy atom. The Morgan fingerprint density at radius 2 is 1.76 bits per heavy atom. The van der Waals surface area contributed by atoms with Crippen molar-refractivity contribution in [3.63, 3.8) is 0 Å². The first-order valence-corrected chi connectivity index (χ1v) is 12.5. The van der Waals surface area contributed by atoms with Crippen LogP contribution in [0.15, 0.2) is 71.9 Å². The van der Waals surface area contributed by atoms with Crippen LogP contribution in [0.5, 0.6) is 0 Å². The largest absolute Gasteiger partial charge is 0.309 e. The van der Waals surface area contributed by atoms with Crippen molar-refractivity contribution in [2.75, 3.05) is 18.4 Å². The molecule has 1 saturated heterocycles. The van der Waals surface area contributed by atoms with E-state index in [1.54, 1.807) is 47.3 Å². The number of fused-ring (bicyclic) bond motifs is 1. The Kier molecular flexibility index (Phi) is 5.84. The lowest BCUT2D eigenvalue weighted by molar-refractivity contribution is -0.120.